The summed E-state index contributed by atoms with van der Waals surface area (Å²) in [6.07, 6.45) is 0. The van der Waals surface area contributed by atoms with E-state index in [9.17, 15) is 4.79 Å². The highest BCUT2D eigenvalue weighted by Crippen LogP contribution is 2.24. The summed E-state index contributed by atoms with van der Waals surface area (Å²) in [6, 6.07) is 16.7. The van der Waals surface area contributed by atoms with Crippen LogP contribution < -0.4 is 15.8 Å². The van der Waals surface area contributed by atoms with Crippen LogP contribution in [0.2, 0.25) is 0 Å². The second-order valence-corrected chi connectivity index (χ2v) is 4.96. The molecule has 2 aromatic carbocycles. The Balaban J connectivity index is 1.83. The van der Waals surface area contributed by atoms with Crippen molar-refractivity contribution in [3.8, 4) is 22.9 Å². The number of hydrogen-bond acceptors (Lipinski definition) is 6. The highest BCUT2D eigenvalue weighted by atomic mass is 16.5. The van der Waals surface area contributed by atoms with E-state index >= 15 is 0 Å². The first-order valence-corrected chi connectivity index (χ1v) is 7.22. The summed E-state index contributed by atoms with van der Waals surface area (Å²) in [5.74, 6) is 1.69. The molecule has 1 heterocycles. The number of para-hydroxylation sites is 1. The standard InChI is InChI=1S/C17H15N5O2/c1-11(23)19-17-21-15(20-16(18)22-17)12-7-9-14(10-8-12)24-13-5-3-2-4-6-13/h2-10H,1H3,(H3,18,19,20,21,22,23). The number of nitrogens with zero attached hydrogens (tertiary/aromatic N) is 3. The summed E-state index contributed by atoms with van der Waals surface area (Å²) in [5, 5.41) is 2.49. The average molecular weight is 321 g/mol. The van der Waals surface area contributed by atoms with Crippen molar-refractivity contribution in [2.24, 2.45) is 0 Å². The lowest BCUT2D eigenvalue weighted by Crippen LogP contribution is -2.12. The summed E-state index contributed by atoms with van der Waals surface area (Å²) in [4.78, 5) is 23.3. The molecule has 1 aromatic heterocycles. The first-order chi connectivity index (χ1) is 11.6. The van der Waals surface area contributed by atoms with Gasteiger partial charge in [-0.05, 0) is 36.4 Å². The van der Waals surface area contributed by atoms with Crippen LogP contribution in [-0.4, -0.2) is 20.9 Å². The summed E-state index contributed by atoms with van der Waals surface area (Å²) in [7, 11) is 0. The van der Waals surface area contributed by atoms with Gasteiger partial charge in [0.1, 0.15) is 11.5 Å². The van der Waals surface area contributed by atoms with Crippen LogP contribution in [0.5, 0.6) is 11.5 Å². The number of nitrogens with two attached hydrogens (primary N) is 1. The molecule has 0 aliphatic rings. The number of hydrogen-bond donors (Lipinski definition) is 2. The van der Waals surface area contributed by atoms with Crippen LogP contribution in [0.15, 0.2) is 54.6 Å². The van der Waals surface area contributed by atoms with Crippen molar-refractivity contribution in [1.82, 2.24) is 15.0 Å². The van der Waals surface area contributed by atoms with Crippen LogP contribution >= 0.6 is 0 Å². The molecule has 0 bridgehead atoms. The Labute approximate surface area is 138 Å². The van der Waals surface area contributed by atoms with E-state index in [-0.39, 0.29) is 17.8 Å². The molecule has 0 saturated heterocycles. The molecule has 1 amide bonds. The van der Waals surface area contributed by atoms with Gasteiger partial charge in [0.05, 0.1) is 0 Å². The van der Waals surface area contributed by atoms with E-state index in [4.69, 9.17) is 10.5 Å². The van der Waals surface area contributed by atoms with Gasteiger partial charge in [0.15, 0.2) is 5.82 Å². The first-order valence-electron chi connectivity index (χ1n) is 7.22. The van der Waals surface area contributed by atoms with E-state index in [0.29, 0.717) is 11.6 Å². The summed E-state index contributed by atoms with van der Waals surface area (Å²) >= 11 is 0. The molecule has 0 saturated carbocycles. The van der Waals surface area contributed by atoms with Crippen molar-refractivity contribution in [3.05, 3.63) is 54.6 Å². The van der Waals surface area contributed by atoms with Gasteiger partial charge in [-0.15, -0.1) is 0 Å². The number of carbonyl (C=O) groups is 1. The molecule has 3 aromatic rings. The van der Waals surface area contributed by atoms with Crippen LogP contribution in [0.1, 0.15) is 6.92 Å². The van der Waals surface area contributed by atoms with Gasteiger partial charge in [0.25, 0.3) is 0 Å². The van der Waals surface area contributed by atoms with Gasteiger partial charge in [-0.25, -0.2) is 0 Å². The molecule has 0 aliphatic carbocycles. The second-order valence-electron chi connectivity index (χ2n) is 4.96. The van der Waals surface area contributed by atoms with Crippen molar-refractivity contribution in [1.29, 1.82) is 0 Å². The van der Waals surface area contributed by atoms with E-state index in [2.05, 4.69) is 20.3 Å². The topological polar surface area (TPSA) is 103 Å². The van der Waals surface area contributed by atoms with E-state index in [1.807, 2.05) is 42.5 Å². The van der Waals surface area contributed by atoms with Crippen LogP contribution in [0, 0.1) is 0 Å². The summed E-state index contributed by atoms with van der Waals surface area (Å²) in [6.45, 7) is 1.37. The molecule has 0 aliphatic heterocycles. The molecule has 3 rings (SSSR count). The zero-order valence-corrected chi connectivity index (χ0v) is 12.9. The van der Waals surface area contributed by atoms with Gasteiger partial charge >= 0.3 is 0 Å². The molecule has 3 N–H and O–H groups in total. The normalized spacial score (nSPS) is 10.2. The van der Waals surface area contributed by atoms with Crippen molar-refractivity contribution >= 4 is 17.8 Å². The number of anilines is 2. The molecule has 0 atom stereocenters. The van der Waals surface area contributed by atoms with Crippen LogP contribution in [0.4, 0.5) is 11.9 Å². The predicted molar refractivity (Wildman–Crippen MR) is 90.5 cm³/mol. The maximum Gasteiger partial charge on any atom is 0.234 e. The third kappa shape index (κ3) is 3.83. The minimum absolute atomic E-state index is 0.0355. The van der Waals surface area contributed by atoms with Crippen molar-refractivity contribution in [2.45, 2.75) is 6.92 Å². The molecule has 7 nitrogen and oxygen atoms in total. The number of rotatable bonds is 4. The van der Waals surface area contributed by atoms with E-state index in [1.165, 1.54) is 6.92 Å². The highest BCUT2D eigenvalue weighted by molar-refractivity contribution is 5.87. The van der Waals surface area contributed by atoms with E-state index in [1.54, 1.807) is 12.1 Å². The number of nitrogens with one attached hydrogen (secondary N) is 1. The van der Waals surface area contributed by atoms with Crippen LogP contribution in [0.3, 0.4) is 0 Å². The molecule has 0 spiro atoms. The Morgan fingerprint density at radius 3 is 2.29 bits per heavy atom. The van der Waals surface area contributed by atoms with Gasteiger partial charge in [-0.2, -0.15) is 15.0 Å². The smallest absolute Gasteiger partial charge is 0.234 e. The molecule has 0 unspecified atom stereocenters. The molecule has 0 fully saturated rings. The van der Waals surface area contributed by atoms with Gasteiger partial charge in [-0.1, -0.05) is 18.2 Å². The molecule has 120 valence electrons. The monoisotopic (exact) mass is 321 g/mol. The molecule has 7 heteroatoms. The molecule has 24 heavy (non-hydrogen) atoms. The predicted octanol–water partition coefficient (Wildman–Crippen LogP) is 2.87. The second kappa shape index (κ2) is 6.74. The lowest BCUT2D eigenvalue weighted by atomic mass is 10.2. The minimum atomic E-state index is -0.279. The number of amides is 1. The Kier molecular flexibility index (Phi) is 4.33. The van der Waals surface area contributed by atoms with Gasteiger partial charge in [0.2, 0.25) is 17.8 Å². The van der Waals surface area contributed by atoms with Gasteiger partial charge < -0.3 is 10.5 Å². The Morgan fingerprint density at radius 2 is 1.62 bits per heavy atom. The maximum atomic E-state index is 11.1. The van der Waals surface area contributed by atoms with Crippen molar-refractivity contribution < 1.29 is 9.53 Å². The first kappa shape index (κ1) is 15.4. The largest absolute Gasteiger partial charge is 0.457 e. The summed E-state index contributed by atoms with van der Waals surface area (Å²) in [5.41, 5.74) is 6.40. The number of nitrogen functional groups attached to an aromatic ring is 1. The third-order valence-electron chi connectivity index (χ3n) is 3.03. The molecular formula is C17H15N5O2. The minimum Gasteiger partial charge on any atom is -0.457 e. The zero-order valence-electron chi connectivity index (χ0n) is 12.9. The van der Waals surface area contributed by atoms with Crippen molar-refractivity contribution in [3.63, 3.8) is 0 Å². The van der Waals surface area contributed by atoms with E-state index < -0.39 is 0 Å². The highest BCUT2D eigenvalue weighted by Gasteiger charge is 2.08. The SMILES string of the molecule is CC(=O)Nc1nc(N)nc(-c2ccc(Oc3ccccc3)cc2)n1. The number of carbonyl (C=O) groups excluding carboxylic acids is 1. The maximum absolute atomic E-state index is 11.1. The van der Waals surface area contributed by atoms with Crippen LogP contribution in [0.25, 0.3) is 11.4 Å². The fraction of sp³-hybridized carbons (Fsp3) is 0.0588. The van der Waals surface area contributed by atoms with Crippen molar-refractivity contribution in [2.75, 3.05) is 11.1 Å². The van der Waals surface area contributed by atoms with E-state index in [0.717, 1.165) is 11.3 Å². The number of ether oxygens (including phenoxy) is 1. The lowest BCUT2D eigenvalue weighted by molar-refractivity contribution is -0.114. The van der Waals surface area contributed by atoms with Gasteiger partial charge in [-0.3, -0.25) is 10.1 Å². The fourth-order valence-electron chi connectivity index (χ4n) is 2.03. The van der Waals surface area contributed by atoms with Crippen LogP contribution in [-0.2, 0) is 4.79 Å². The zero-order chi connectivity index (χ0) is 16.9. The molecule has 0 radical (unpaired) electrons. The number of aromatic nitrogens is 3. The lowest BCUT2D eigenvalue weighted by Gasteiger charge is -2.07. The average Bonchev–Trinajstić information content (AvgIpc) is 2.55. The third-order valence-corrected chi connectivity index (χ3v) is 3.03. The summed E-state index contributed by atoms with van der Waals surface area (Å²) < 4.78 is 5.73. The number of benzene rings is 2. The quantitative estimate of drug-likeness (QED) is 0.766. The van der Waals surface area contributed by atoms with Gasteiger partial charge in [0, 0.05) is 12.5 Å². The Bertz CT molecular complexity index is 851. The molecular weight excluding hydrogens is 306 g/mol. The Hall–Kier alpha value is -3.48. The fourth-order valence-corrected chi connectivity index (χ4v) is 2.03. The Morgan fingerprint density at radius 1 is 0.958 bits per heavy atom.